The highest BCUT2D eigenvalue weighted by Gasteiger charge is 2.16. The lowest BCUT2D eigenvalue weighted by molar-refractivity contribution is 0.102. The van der Waals surface area contributed by atoms with Crippen LogP contribution in [0.3, 0.4) is 0 Å². The molecule has 0 fully saturated rings. The van der Waals surface area contributed by atoms with E-state index in [-0.39, 0.29) is 11.7 Å². The predicted molar refractivity (Wildman–Crippen MR) is 149 cm³/mol. The van der Waals surface area contributed by atoms with E-state index in [9.17, 15) is 9.90 Å². The van der Waals surface area contributed by atoms with E-state index in [2.05, 4.69) is 25.4 Å². The first kappa shape index (κ1) is 23.9. The third-order valence-electron chi connectivity index (χ3n) is 6.40. The second kappa shape index (κ2) is 10.1. The van der Waals surface area contributed by atoms with E-state index in [1.807, 2.05) is 48.5 Å². The van der Waals surface area contributed by atoms with Crippen LogP contribution in [0.15, 0.2) is 97.3 Å². The van der Waals surface area contributed by atoms with Crippen molar-refractivity contribution in [3.63, 3.8) is 0 Å². The minimum Gasteiger partial charge on any atom is -0.507 e. The molecule has 6 aromatic rings. The number of hydrogen-bond acceptors (Lipinski definition) is 6. The minimum absolute atomic E-state index is 0.0744. The van der Waals surface area contributed by atoms with Gasteiger partial charge in [0.05, 0.1) is 36.4 Å². The summed E-state index contributed by atoms with van der Waals surface area (Å²) in [6.45, 7) is 0.542. The number of phenolic OH excluding ortho intramolecular Hbond substituents is 1. The number of rotatable bonds is 7. The molecule has 9 heteroatoms. The third kappa shape index (κ3) is 4.80. The molecule has 9 nitrogen and oxygen atoms in total. The molecule has 0 radical (unpaired) electrons. The quantitative estimate of drug-likeness (QED) is 0.258. The molecule has 0 aliphatic carbocycles. The number of imidazole rings is 1. The second-order valence-electron chi connectivity index (χ2n) is 8.92. The molecule has 0 spiro atoms. The van der Waals surface area contributed by atoms with Crippen LogP contribution in [-0.4, -0.2) is 42.9 Å². The molecule has 3 N–H and O–H groups in total. The first-order valence-electron chi connectivity index (χ1n) is 12.3. The summed E-state index contributed by atoms with van der Waals surface area (Å²) >= 11 is 0. The Morgan fingerprint density at radius 1 is 0.974 bits per heavy atom. The summed E-state index contributed by atoms with van der Waals surface area (Å²) in [4.78, 5) is 25.3. The number of carbonyl (C=O) groups is 1. The zero-order valence-electron chi connectivity index (χ0n) is 21.0. The highest BCUT2D eigenvalue weighted by molar-refractivity contribution is 6.05. The van der Waals surface area contributed by atoms with Crippen molar-refractivity contribution in [1.29, 1.82) is 0 Å². The number of phenols is 1. The Balaban J connectivity index is 1.27. The zero-order chi connectivity index (χ0) is 26.8. The average Bonchev–Trinajstić information content (AvgIpc) is 3.60. The van der Waals surface area contributed by atoms with Crippen LogP contribution in [0.4, 0.5) is 5.82 Å². The number of carbonyl (C=O) groups excluding carboxylic acids is 1. The van der Waals surface area contributed by atoms with E-state index in [4.69, 9.17) is 4.74 Å². The molecule has 3 aromatic carbocycles. The maximum absolute atomic E-state index is 13.1. The lowest BCUT2D eigenvalue weighted by Gasteiger charge is -2.09. The van der Waals surface area contributed by atoms with Gasteiger partial charge >= 0.3 is 0 Å². The van der Waals surface area contributed by atoms with Gasteiger partial charge in [-0.2, -0.15) is 5.10 Å². The lowest BCUT2D eigenvalue weighted by Crippen LogP contribution is -2.16. The van der Waals surface area contributed by atoms with Crippen molar-refractivity contribution in [2.45, 2.75) is 6.54 Å². The fourth-order valence-corrected chi connectivity index (χ4v) is 4.45. The third-order valence-corrected chi connectivity index (χ3v) is 6.40. The average molecular weight is 517 g/mol. The monoisotopic (exact) mass is 516 g/mol. The Bertz CT molecular complexity index is 1790. The van der Waals surface area contributed by atoms with Crippen LogP contribution in [0, 0.1) is 0 Å². The number of anilines is 1. The highest BCUT2D eigenvalue weighted by atomic mass is 16.5. The van der Waals surface area contributed by atoms with Crippen LogP contribution in [0.5, 0.6) is 11.6 Å². The van der Waals surface area contributed by atoms with Crippen molar-refractivity contribution in [2.24, 2.45) is 0 Å². The van der Waals surface area contributed by atoms with Gasteiger partial charge in [-0.15, -0.1) is 0 Å². The molecular formula is C30H24N6O3. The topological polar surface area (TPSA) is 118 Å². The van der Waals surface area contributed by atoms with Gasteiger partial charge in [0.1, 0.15) is 17.4 Å². The number of fused-ring (bicyclic) bond motifs is 1. The standard InChI is InChI=1S/C30H24N6O3/c1-39-30-22(8-5-14-31-30)20-10-12-26(37)23(16-20)28-33-24-11-9-21(17-25(24)34-28)29(38)35-27-13-15-32-36(27)18-19-6-3-2-4-7-19/h2-17,37H,18H2,1H3,(H,33,34)(H,35,38). The van der Waals surface area contributed by atoms with Gasteiger partial charge in [-0.3, -0.25) is 4.79 Å². The molecule has 1 amide bonds. The molecule has 3 aromatic heterocycles. The molecule has 0 aliphatic heterocycles. The summed E-state index contributed by atoms with van der Waals surface area (Å²) in [5.74, 6) is 1.37. The SMILES string of the molecule is COc1ncccc1-c1ccc(O)c(-c2nc3ccc(C(=O)Nc4ccnn4Cc4ccccc4)cc3[nH]2)c1. The van der Waals surface area contributed by atoms with Crippen molar-refractivity contribution in [3.05, 3.63) is 108 Å². The fraction of sp³-hybridized carbons (Fsp3) is 0.0667. The Kier molecular flexibility index (Phi) is 6.22. The van der Waals surface area contributed by atoms with Gasteiger partial charge in [0.25, 0.3) is 5.91 Å². The number of ether oxygens (including phenoxy) is 1. The molecule has 0 saturated carbocycles. The summed E-state index contributed by atoms with van der Waals surface area (Å²) in [5, 5.41) is 17.9. The lowest BCUT2D eigenvalue weighted by atomic mass is 10.0. The number of amides is 1. The fourth-order valence-electron chi connectivity index (χ4n) is 4.45. The number of pyridine rings is 1. The van der Waals surface area contributed by atoms with E-state index >= 15 is 0 Å². The van der Waals surface area contributed by atoms with E-state index in [0.29, 0.717) is 46.2 Å². The van der Waals surface area contributed by atoms with Gasteiger partial charge in [-0.1, -0.05) is 36.4 Å². The van der Waals surface area contributed by atoms with Crippen molar-refractivity contribution in [2.75, 3.05) is 12.4 Å². The van der Waals surface area contributed by atoms with E-state index in [0.717, 1.165) is 16.7 Å². The van der Waals surface area contributed by atoms with E-state index in [1.165, 1.54) is 0 Å². The molecule has 0 atom stereocenters. The summed E-state index contributed by atoms with van der Waals surface area (Å²) in [5.41, 5.74) is 5.01. The van der Waals surface area contributed by atoms with Crippen LogP contribution < -0.4 is 10.1 Å². The molecule has 0 saturated heterocycles. The Morgan fingerprint density at radius 2 is 1.85 bits per heavy atom. The van der Waals surface area contributed by atoms with Crippen LogP contribution >= 0.6 is 0 Å². The molecular weight excluding hydrogens is 492 g/mol. The van der Waals surface area contributed by atoms with Crippen molar-refractivity contribution >= 4 is 22.8 Å². The number of nitrogens with one attached hydrogen (secondary N) is 2. The molecule has 0 aliphatic rings. The minimum atomic E-state index is -0.267. The summed E-state index contributed by atoms with van der Waals surface area (Å²) in [7, 11) is 1.57. The summed E-state index contributed by atoms with van der Waals surface area (Å²) < 4.78 is 7.14. The number of aromatic nitrogens is 5. The second-order valence-corrected chi connectivity index (χ2v) is 8.92. The summed E-state index contributed by atoms with van der Waals surface area (Å²) in [6, 6.07) is 25.9. The largest absolute Gasteiger partial charge is 0.507 e. The van der Waals surface area contributed by atoms with Crippen molar-refractivity contribution in [3.8, 4) is 34.1 Å². The van der Waals surface area contributed by atoms with Gasteiger partial charge in [-0.05, 0) is 53.6 Å². The first-order chi connectivity index (χ1) is 19.1. The van der Waals surface area contributed by atoms with Crippen molar-refractivity contribution in [1.82, 2.24) is 24.7 Å². The molecule has 6 rings (SSSR count). The number of hydrogen-bond donors (Lipinski definition) is 3. The van der Waals surface area contributed by atoms with Gasteiger partial charge in [0.2, 0.25) is 5.88 Å². The Hall–Kier alpha value is -5.44. The first-order valence-corrected chi connectivity index (χ1v) is 12.3. The number of aromatic hydroxyl groups is 1. The van der Waals surface area contributed by atoms with E-state index in [1.54, 1.807) is 60.6 Å². The predicted octanol–water partition coefficient (Wildman–Crippen LogP) is 5.50. The molecule has 0 unspecified atom stereocenters. The molecule has 39 heavy (non-hydrogen) atoms. The van der Waals surface area contributed by atoms with Crippen LogP contribution in [-0.2, 0) is 6.54 Å². The highest BCUT2D eigenvalue weighted by Crippen LogP contribution is 2.35. The Labute approximate surface area is 223 Å². The number of benzene rings is 3. The van der Waals surface area contributed by atoms with Crippen LogP contribution in [0.25, 0.3) is 33.5 Å². The zero-order valence-corrected chi connectivity index (χ0v) is 21.0. The van der Waals surface area contributed by atoms with Crippen molar-refractivity contribution < 1.29 is 14.6 Å². The van der Waals surface area contributed by atoms with Gasteiger partial charge in [0, 0.05) is 23.4 Å². The number of nitrogens with zero attached hydrogens (tertiary/aromatic N) is 4. The number of H-pyrrole nitrogens is 1. The number of methoxy groups -OCH3 is 1. The molecule has 0 bridgehead atoms. The van der Waals surface area contributed by atoms with Crippen LogP contribution in [0.1, 0.15) is 15.9 Å². The maximum Gasteiger partial charge on any atom is 0.256 e. The van der Waals surface area contributed by atoms with Gasteiger partial charge < -0.3 is 20.1 Å². The normalized spacial score (nSPS) is 11.0. The van der Waals surface area contributed by atoms with Gasteiger partial charge in [-0.25, -0.2) is 14.6 Å². The smallest absolute Gasteiger partial charge is 0.256 e. The molecule has 192 valence electrons. The van der Waals surface area contributed by atoms with Gasteiger partial charge in [0.15, 0.2) is 0 Å². The van der Waals surface area contributed by atoms with Crippen LogP contribution in [0.2, 0.25) is 0 Å². The number of aromatic amines is 1. The van der Waals surface area contributed by atoms with E-state index < -0.39 is 0 Å². The maximum atomic E-state index is 13.1. The summed E-state index contributed by atoms with van der Waals surface area (Å²) in [6.07, 6.45) is 3.32. The Morgan fingerprint density at radius 3 is 2.69 bits per heavy atom. The molecule has 3 heterocycles.